The molecule has 13 heteroatoms. The highest BCUT2D eigenvalue weighted by atomic mass is 35.5. The number of likely N-dealkylation sites (tertiary alicyclic amines) is 1. The van der Waals surface area contributed by atoms with Gasteiger partial charge in [-0.2, -0.15) is 5.10 Å². The molecule has 0 saturated carbocycles. The van der Waals surface area contributed by atoms with Crippen molar-refractivity contribution < 1.29 is 23.2 Å². The van der Waals surface area contributed by atoms with Gasteiger partial charge in [0.2, 0.25) is 11.8 Å². The van der Waals surface area contributed by atoms with Crippen LogP contribution in [0.2, 0.25) is 5.02 Å². The minimum Gasteiger partial charge on any atom is -0.326 e. The van der Waals surface area contributed by atoms with Crippen LogP contribution >= 0.6 is 11.6 Å². The van der Waals surface area contributed by atoms with Crippen LogP contribution in [-0.4, -0.2) is 67.2 Å². The third kappa shape index (κ3) is 5.62. The van der Waals surface area contributed by atoms with E-state index in [1.54, 1.807) is 61.9 Å². The third-order valence-corrected chi connectivity index (χ3v) is 9.02. The summed E-state index contributed by atoms with van der Waals surface area (Å²) in [7, 11) is 0. The van der Waals surface area contributed by atoms with E-state index in [1.165, 1.54) is 17.7 Å². The van der Waals surface area contributed by atoms with Crippen molar-refractivity contribution in [3.63, 3.8) is 0 Å². The van der Waals surface area contributed by atoms with E-state index in [0.717, 1.165) is 21.6 Å². The molecule has 10 nitrogen and oxygen atoms in total. The Bertz CT molecular complexity index is 2170. The number of nitrogens with zero attached hydrogens (tertiary/aromatic N) is 6. The molecule has 48 heavy (non-hydrogen) atoms. The Morgan fingerprint density at radius 2 is 1.83 bits per heavy atom. The highest BCUT2D eigenvalue weighted by Crippen LogP contribution is 2.42. The average Bonchev–Trinajstić information content (AvgIpc) is 3.80. The van der Waals surface area contributed by atoms with Crippen LogP contribution < -0.4 is 5.32 Å². The number of nitrogens with one attached hydrogen (secondary N) is 1. The molecule has 1 saturated heterocycles. The van der Waals surface area contributed by atoms with Crippen LogP contribution in [0.25, 0.3) is 33.2 Å². The lowest BCUT2D eigenvalue weighted by molar-refractivity contribution is -0.137. The van der Waals surface area contributed by atoms with Gasteiger partial charge in [0.05, 0.1) is 28.5 Å². The van der Waals surface area contributed by atoms with Gasteiger partial charge in [-0.15, -0.1) is 0 Å². The van der Waals surface area contributed by atoms with Crippen molar-refractivity contribution in [2.45, 2.75) is 45.4 Å². The van der Waals surface area contributed by atoms with Gasteiger partial charge in [-0.25, -0.2) is 18.7 Å². The van der Waals surface area contributed by atoms with Gasteiger partial charge in [-0.1, -0.05) is 41.9 Å². The molecule has 0 radical (unpaired) electrons. The molecule has 2 amide bonds. The van der Waals surface area contributed by atoms with Crippen molar-refractivity contribution in [1.29, 1.82) is 0 Å². The van der Waals surface area contributed by atoms with Crippen LogP contribution in [0.5, 0.6) is 0 Å². The van der Waals surface area contributed by atoms with E-state index in [4.69, 9.17) is 11.6 Å². The molecular weight excluding hydrogens is 640 g/mol. The number of aromatic nitrogens is 4. The summed E-state index contributed by atoms with van der Waals surface area (Å²) in [5.74, 6) is -1.72. The summed E-state index contributed by atoms with van der Waals surface area (Å²) in [6.07, 6.45) is 4.00. The Labute approximate surface area is 278 Å². The maximum absolute atomic E-state index is 15.8. The zero-order chi connectivity index (χ0) is 33.7. The van der Waals surface area contributed by atoms with Crippen molar-refractivity contribution in [2.75, 3.05) is 11.9 Å². The lowest BCUT2D eigenvalue weighted by atomic mass is 10.0. The first-order valence-electron chi connectivity index (χ1n) is 15.3. The molecule has 2 atom stereocenters. The molecule has 2 aliphatic heterocycles. The molecule has 7 rings (SSSR count). The van der Waals surface area contributed by atoms with Crippen LogP contribution in [0, 0.1) is 12.7 Å². The summed E-state index contributed by atoms with van der Waals surface area (Å²) >= 11 is 6.57. The molecule has 0 unspecified atom stereocenters. The summed E-state index contributed by atoms with van der Waals surface area (Å²) in [5, 5.41) is 7.79. The SMILES string of the molecule is CC(=O)c1nn(CC(=O)N2C[C@H](F)C[C@H]2C(=O)Nc2cccc(-c3ccc4c(c3Cl)N=CC4)c2F)c2ccc(-c3cnc(C)nc3)cc12. The number of halogens is 3. The van der Waals surface area contributed by atoms with Crippen LogP contribution in [0.3, 0.4) is 0 Å². The van der Waals surface area contributed by atoms with E-state index >= 15 is 4.39 Å². The van der Waals surface area contributed by atoms with E-state index in [9.17, 15) is 18.8 Å². The molecule has 0 bridgehead atoms. The van der Waals surface area contributed by atoms with Gasteiger partial charge in [0.1, 0.15) is 30.3 Å². The smallest absolute Gasteiger partial charge is 0.247 e. The quantitative estimate of drug-likeness (QED) is 0.203. The first-order valence-corrected chi connectivity index (χ1v) is 15.6. The molecule has 2 aromatic heterocycles. The largest absolute Gasteiger partial charge is 0.326 e. The molecule has 2 aliphatic rings. The van der Waals surface area contributed by atoms with Crippen molar-refractivity contribution in [3.05, 3.63) is 88.8 Å². The number of aliphatic imine (C=N–C) groups is 1. The van der Waals surface area contributed by atoms with Crippen molar-refractivity contribution in [2.24, 2.45) is 4.99 Å². The van der Waals surface area contributed by atoms with Crippen molar-refractivity contribution >= 4 is 57.7 Å². The number of Topliss-reactive ketones (excluding diaryl/α,β-unsaturated/α-hetero) is 1. The third-order valence-electron chi connectivity index (χ3n) is 8.63. The standard InChI is InChI=1S/C35H28ClF2N7O3/c1-18(46)33-26-12-21(22-14-40-19(2)41-15-22)7-9-28(26)45(43-33)17-30(47)44-16-23(37)13-29(44)35(48)42-27-5-3-4-25(32(27)38)24-8-6-20-10-11-39-34(20)31(24)36/h3-9,11-12,14-15,23,29H,10,13,16-17H2,1-2H3,(H,42,48)/t23-,29+/m1/s1. The van der Waals surface area contributed by atoms with Crippen LogP contribution in [0.1, 0.15) is 35.2 Å². The number of hydrogen-bond acceptors (Lipinski definition) is 7. The number of ketones is 1. The maximum atomic E-state index is 15.8. The fourth-order valence-electron chi connectivity index (χ4n) is 6.21. The zero-order valence-electron chi connectivity index (χ0n) is 25.9. The number of fused-ring (bicyclic) bond motifs is 2. The first kappa shape index (κ1) is 31.3. The number of alkyl halides is 1. The minimum atomic E-state index is -1.46. The number of carbonyl (C=O) groups is 3. The van der Waals surface area contributed by atoms with Gasteiger partial charge in [0.25, 0.3) is 0 Å². The fraction of sp³-hybridized carbons (Fsp3) is 0.229. The summed E-state index contributed by atoms with van der Waals surface area (Å²) in [5.41, 5.74) is 4.14. The minimum absolute atomic E-state index is 0.133. The average molecular weight is 668 g/mol. The van der Waals surface area contributed by atoms with Gasteiger partial charge >= 0.3 is 0 Å². The summed E-state index contributed by atoms with van der Waals surface area (Å²) in [6, 6.07) is 12.2. The number of amides is 2. The monoisotopic (exact) mass is 667 g/mol. The Kier molecular flexibility index (Phi) is 8.04. The maximum Gasteiger partial charge on any atom is 0.247 e. The molecule has 242 valence electrons. The van der Waals surface area contributed by atoms with Gasteiger partial charge in [-0.05, 0) is 36.2 Å². The molecular formula is C35H28ClF2N7O3. The molecule has 3 aromatic carbocycles. The molecule has 5 aromatic rings. The van der Waals surface area contributed by atoms with Crippen LogP contribution in [0.4, 0.5) is 20.2 Å². The van der Waals surface area contributed by atoms with E-state index in [1.807, 2.05) is 6.07 Å². The lowest BCUT2D eigenvalue weighted by Gasteiger charge is -2.24. The molecule has 0 spiro atoms. The van der Waals surface area contributed by atoms with Gasteiger partial charge in [0, 0.05) is 60.5 Å². The second kappa shape index (κ2) is 12.3. The van der Waals surface area contributed by atoms with Crippen molar-refractivity contribution in [1.82, 2.24) is 24.6 Å². The Morgan fingerprint density at radius 1 is 1.04 bits per heavy atom. The van der Waals surface area contributed by atoms with E-state index in [-0.39, 0.29) is 42.2 Å². The van der Waals surface area contributed by atoms with Gasteiger partial charge in [-0.3, -0.25) is 24.1 Å². The number of hydrogen-bond donors (Lipinski definition) is 1. The highest BCUT2D eigenvalue weighted by molar-refractivity contribution is 6.36. The number of carbonyl (C=O) groups excluding carboxylic acids is 3. The van der Waals surface area contributed by atoms with Gasteiger partial charge in [0.15, 0.2) is 11.6 Å². The number of benzene rings is 3. The van der Waals surface area contributed by atoms with Crippen LogP contribution in [0.15, 0.2) is 65.9 Å². The fourth-order valence-corrected chi connectivity index (χ4v) is 6.55. The summed E-state index contributed by atoms with van der Waals surface area (Å²) < 4.78 is 32.0. The van der Waals surface area contributed by atoms with E-state index in [0.29, 0.717) is 39.4 Å². The molecule has 0 aliphatic carbocycles. The normalized spacial score (nSPS) is 16.8. The Balaban J connectivity index is 1.13. The zero-order valence-corrected chi connectivity index (χ0v) is 26.6. The predicted molar refractivity (Wildman–Crippen MR) is 178 cm³/mol. The lowest BCUT2D eigenvalue weighted by Crippen LogP contribution is -2.44. The number of rotatable bonds is 7. The molecule has 1 N–H and O–H groups in total. The second-order valence-electron chi connectivity index (χ2n) is 11.8. The van der Waals surface area contributed by atoms with Crippen molar-refractivity contribution in [3.8, 4) is 22.3 Å². The highest BCUT2D eigenvalue weighted by Gasteiger charge is 2.40. The van der Waals surface area contributed by atoms with E-state index in [2.05, 4.69) is 25.4 Å². The molecule has 1 fully saturated rings. The van der Waals surface area contributed by atoms with Gasteiger partial charge < -0.3 is 10.2 Å². The van der Waals surface area contributed by atoms with Crippen LogP contribution in [-0.2, 0) is 22.6 Å². The van der Waals surface area contributed by atoms with E-state index < -0.39 is 29.8 Å². The topological polar surface area (TPSA) is 122 Å². The second-order valence-corrected chi connectivity index (χ2v) is 12.2. The number of aryl methyl sites for hydroxylation is 1. The first-order chi connectivity index (χ1) is 23.1. The number of anilines is 1. The Morgan fingerprint density at radius 3 is 2.60 bits per heavy atom. The molecule has 4 heterocycles. The summed E-state index contributed by atoms with van der Waals surface area (Å²) in [6.45, 7) is 2.49. The summed E-state index contributed by atoms with van der Waals surface area (Å²) in [4.78, 5) is 53.5. The Hall–Kier alpha value is -5.36. The predicted octanol–water partition coefficient (Wildman–Crippen LogP) is 6.30.